The summed E-state index contributed by atoms with van der Waals surface area (Å²) >= 11 is 0. The second-order valence-corrected chi connectivity index (χ2v) is 6.31. The van der Waals surface area contributed by atoms with Gasteiger partial charge in [-0.3, -0.25) is 9.59 Å². The fourth-order valence-corrected chi connectivity index (χ4v) is 2.52. The van der Waals surface area contributed by atoms with Gasteiger partial charge < -0.3 is 25.4 Å². The Morgan fingerprint density at radius 3 is 2.55 bits per heavy atom. The van der Waals surface area contributed by atoms with Gasteiger partial charge in [-0.05, 0) is 43.7 Å². The molecule has 0 unspecified atom stereocenters. The standard InChI is InChI=1S/C22H29N3O4/c1-3-11-23-22(27)17-7-5-9-19(14-17)25-21(26)16-24-18-8-6-10-20(15-18)29-13-12-28-4-2/h5-10,14-15,24H,3-4,11-13,16H2,1-2H3,(H,23,27)(H,25,26). The lowest BCUT2D eigenvalue weighted by molar-refractivity contribution is -0.114. The lowest BCUT2D eigenvalue weighted by Crippen LogP contribution is -2.24. The molecule has 3 N–H and O–H groups in total. The Hall–Kier alpha value is -3.06. The van der Waals surface area contributed by atoms with Crippen LogP contribution in [0.5, 0.6) is 5.75 Å². The summed E-state index contributed by atoms with van der Waals surface area (Å²) in [5, 5.41) is 8.69. The first kappa shape index (κ1) is 22.2. The van der Waals surface area contributed by atoms with Gasteiger partial charge in [-0.2, -0.15) is 0 Å². The molecule has 0 radical (unpaired) electrons. The van der Waals surface area contributed by atoms with Crippen LogP contribution in [0.3, 0.4) is 0 Å². The lowest BCUT2D eigenvalue weighted by Gasteiger charge is -2.11. The number of hydrogen-bond acceptors (Lipinski definition) is 5. The summed E-state index contributed by atoms with van der Waals surface area (Å²) in [7, 11) is 0. The molecule has 0 saturated carbocycles. The van der Waals surface area contributed by atoms with E-state index in [0.29, 0.717) is 43.4 Å². The Morgan fingerprint density at radius 2 is 1.76 bits per heavy atom. The number of anilines is 2. The molecule has 0 bridgehead atoms. The molecule has 2 rings (SSSR count). The number of amides is 2. The fourth-order valence-electron chi connectivity index (χ4n) is 2.52. The second kappa shape index (κ2) is 12.4. The normalized spacial score (nSPS) is 10.3. The van der Waals surface area contributed by atoms with Gasteiger partial charge in [0.15, 0.2) is 0 Å². The molecule has 29 heavy (non-hydrogen) atoms. The average Bonchev–Trinajstić information content (AvgIpc) is 2.74. The van der Waals surface area contributed by atoms with E-state index in [0.717, 1.165) is 12.1 Å². The van der Waals surface area contributed by atoms with Crippen LogP contribution >= 0.6 is 0 Å². The highest BCUT2D eigenvalue weighted by Crippen LogP contribution is 2.17. The van der Waals surface area contributed by atoms with Crippen LogP contribution in [0.1, 0.15) is 30.6 Å². The Kier molecular flexibility index (Phi) is 9.51. The van der Waals surface area contributed by atoms with Crippen molar-refractivity contribution >= 4 is 23.2 Å². The van der Waals surface area contributed by atoms with E-state index in [-0.39, 0.29) is 18.4 Å². The highest BCUT2D eigenvalue weighted by Gasteiger charge is 2.08. The molecule has 0 aromatic heterocycles. The van der Waals surface area contributed by atoms with Gasteiger partial charge in [0.25, 0.3) is 5.91 Å². The van der Waals surface area contributed by atoms with Crippen LogP contribution in [-0.2, 0) is 9.53 Å². The van der Waals surface area contributed by atoms with Crippen LogP contribution in [0.25, 0.3) is 0 Å². The molecule has 7 nitrogen and oxygen atoms in total. The summed E-state index contributed by atoms with van der Waals surface area (Å²) in [6, 6.07) is 14.3. The predicted octanol–water partition coefficient (Wildman–Crippen LogP) is 3.29. The topological polar surface area (TPSA) is 88.7 Å². The first-order valence-electron chi connectivity index (χ1n) is 9.85. The Labute approximate surface area is 171 Å². The van der Waals surface area contributed by atoms with Gasteiger partial charge in [-0.25, -0.2) is 0 Å². The lowest BCUT2D eigenvalue weighted by atomic mass is 10.2. The minimum absolute atomic E-state index is 0.0919. The predicted molar refractivity (Wildman–Crippen MR) is 115 cm³/mol. The summed E-state index contributed by atoms with van der Waals surface area (Å²) in [6.07, 6.45) is 0.868. The van der Waals surface area contributed by atoms with Gasteiger partial charge in [-0.15, -0.1) is 0 Å². The molecule has 2 aromatic rings. The van der Waals surface area contributed by atoms with Crippen LogP contribution in [0, 0.1) is 0 Å². The van der Waals surface area contributed by atoms with Gasteiger partial charge in [-0.1, -0.05) is 19.1 Å². The first-order chi connectivity index (χ1) is 14.1. The van der Waals surface area contributed by atoms with Gasteiger partial charge in [0.05, 0.1) is 13.2 Å². The van der Waals surface area contributed by atoms with E-state index in [2.05, 4.69) is 16.0 Å². The van der Waals surface area contributed by atoms with E-state index in [9.17, 15) is 9.59 Å². The molecule has 0 aliphatic heterocycles. The smallest absolute Gasteiger partial charge is 0.251 e. The molecule has 2 aromatic carbocycles. The molecule has 2 amide bonds. The monoisotopic (exact) mass is 399 g/mol. The summed E-state index contributed by atoms with van der Waals surface area (Å²) < 4.78 is 10.9. The van der Waals surface area contributed by atoms with Gasteiger partial charge in [0.2, 0.25) is 5.91 Å². The highest BCUT2D eigenvalue weighted by atomic mass is 16.5. The third kappa shape index (κ3) is 8.23. The fraction of sp³-hybridized carbons (Fsp3) is 0.364. The van der Waals surface area contributed by atoms with E-state index in [1.807, 2.05) is 38.1 Å². The van der Waals surface area contributed by atoms with E-state index < -0.39 is 0 Å². The Bertz CT molecular complexity index is 795. The molecule has 7 heteroatoms. The minimum Gasteiger partial charge on any atom is -0.491 e. The quantitative estimate of drug-likeness (QED) is 0.477. The van der Waals surface area contributed by atoms with E-state index in [1.54, 1.807) is 24.3 Å². The summed E-state index contributed by atoms with van der Waals surface area (Å²) in [5.41, 5.74) is 1.87. The van der Waals surface area contributed by atoms with Gasteiger partial charge in [0, 0.05) is 36.2 Å². The maximum absolute atomic E-state index is 12.2. The third-order valence-electron chi connectivity index (χ3n) is 3.93. The first-order valence-corrected chi connectivity index (χ1v) is 9.85. The van der Waals surface area contributed by atoms with Crippen LogP contribution in [-0.4, -0.2) is 44.7 Å². The molecule has 0 aliphatic rings. The maximum Gasteiger partial charge on any atom is 0.251 e. The third-order valence-corrected chi connectivity index (χ3v) is 3.93. The molecular weight excluding hydrogens is 370 g/mol. The summed E-state index contributed by atoms with van der Waals surface area (Å²) in [6.45, 7) is 6.31. The van der Waals surface area contributed by atoms with Crippen LogP contribution in [0.15, 0.2) is 48.5 Å². The van der Waals surface area contributed by atoms with Crippen LogP contribution in [0.2, 0.25) is 0 Å². The number of nitrogens with one attached hydrogen (secondary N) is 3. The largest absolute Gasteiger partial charge is 0.491 e. The molecule has 0 atom stereocenters. The zero-order valence-corrected chi connectivity index (χ0v) is 17.0. The van der Waals surface area contributed by atoms with Crippen molar-refractivity contribution < 1.29 is 19.1 Å². The zero-order chi connectivity index (χ0) is 20.9. The summed E-state index contributed by atoms with van der Waals surface area (Å²) in [4.78, 5) is 24.3. The molecule has 0 heterocycles. The van der Waals surface area contributed by atoms with Gasteiger partial charge in [0.1, 0.15) is 12.4 Å². The molecular formula is C22H29N3O4. The van der Waals surface area contributed by atoms with E-state index >= 15 is 0 Å². The van der Waals surface area contributed by atoms with Crippen molar-refractivity contribution in [2.24, 2.45) is 0 Å². The molecule has 0 aliphatic carbocycles. The number of ether oxygens (including phenoxy) is 2. The van der Waals surface area contributed by atoms with Crippen molar-refractivity contribution in [3.63, 3.8) is 0 Å². The molecule has 0 fully saturated rings. The Morgan fingerprint density at radius 1 is 0.966 bits per heavy atom. The summed E-state index contributed by atoms with van der Waals surface area (Å²) in [5.74, 6) is 0.349. The van der Waals surface area contributed by atoms with Crippen molar-refractivity contribution in [1.29, 1.82) is 0 Å². The second-order valence-electron chi connectivity index (χ2n) is 6.31. The van der Waals surface area contributed by atoms with E-state index in [1.165, 1.54) is 0 Å². The SMILES string of the molecule is CCCNC(=O)c1cccc(NC(=O)CNc2cccc(OCCOCC)c2)c1. The number of rotatable bonds is 12. The van der Waals surface area contributed by atoms with Crippen molar-refractivity contribution in [3.8, 4) is 5.75 Å². The molecule has 0 spiro atoms. The van der Waals surface area contributed by atoms with E-state index in [4.69, 9.17) is 9.47 Å². The van der Waals surface area contributed by atoms with Crippen LogP contribution < -0.4 is 20.7 Å². The number of benzene rings is 2. The highest BCUT2D eigenvalue weighted by molar-refractivity contribution is 5.98. The number of hydrogen-bond donors (Lipinski definition) is 3. The zero-order valence-electron chi connectivity index (χ0n) is 17.0. The number of carbonyl (C=O) groups excluding carboxylic acids is 2. The minimum atomic E-state index is -0.209. The van der Waals surface area contributed by atoms with Crippen LogP contribution in [0.4, 0.5) is 11.4 Å². The molecule has 156 valence electrons. The average molecular weight is 399 g/mol. The Balaban J connectivity index is 1.83. The van der Waals surface area contributed by atoms with Crippen molar-refractivity contribution in [1.82, 2.24) is 5.32 Å². The van der Waals surface area contributed by atoms with Crippen molar-refractivity contribution in [3.05, 3.63) is 54.1 Å². The maximum atomic E-state index is 12.2. The number of carbonyl (C=O) groups is 2. The van der Waals surface area contributed by atoms with Crippen molar-refractivity contribution in [2.45, 2.75) is 20.3 Å². The molecule has 0 saturated heterocycles. The van der Waals surface area contributed by atoms with Crippen molar-refractivity contribution in [2.75, 3.05) is 43.5 Å². The van der Waals surface area contributed by atoms with Gasteiger partial charge >= 0.3 is 0 Å².